The number of carbonyl (C=O) groups is 2. The number of halogens is 1. The van der Waals surface area contributed by atoms with E-state index in [1.54, 1.807) is 54.6 Å². The highest BCUT2D eigenvalue weighted by molar-refractivity contribution is 7.92. The monoisotopic (exact) mass is 749 g/mol. The van der Waals surface area contributed by atoms with Gasteiger partial charge < -0.3 is 15.0 Å². The molecule has 5 aromatic rings. The van der Waals surface area contributed by atoms with Gasteiger partial charge in [0.2, 0.25) is 11.8 Å². The van der Waals surface area contributed by atoms with Gasteiger partial charge in [-0.3, -0.25) is 13.9 Å². The third kappa shape index (κ3) is 10.1. The molecule has 1 aliphatic rings. The standard InChI is InChI=1S/C43H44ClN3O5S/c1-32-20-26-40(27-21-32)53(50,51)47(37-22-24-39(25-23-37)52-38-18-9-4-10-19-38)31-42(48)46(30-34-14-11-15-35(44)28-34)41(29-33-12-5-2-6-13-33)43(49)45-36-16-7-3-8-17-36/h2,4-6,9-15,18-28,36,41H,3,7-8,16-17,29-31H2,1H3,(H,45,49)/t41-/m1/s1. The van der Waals surface area contributed by atoms with Crippen molar-refractivity contribution in [2.75, 3.05) is 10.8 Å². The van der Waals surface area contributed by atoms with E-state index in [-0.39, 0.29) is 35.5 Å². The number of hydrogen-bond acceptors (Lipinski definition) is 5. The first kappa shape index (κ1) is 37.6. The largest absolute Gasteiger partial charge is 0.457 e. The van der Waals surface area contributed by atoms with Gasteiger partial charge in [-0.05, 0) is 91.6 Å². The molecule has 0 aromatic heterocycles. The van der Waals surface area contributed by atoms with E-state index in [0.717, 1.165) is 47.5 Å². The maximum Gasteiger partial charge on any atom is 0.264 e. The summed E-state index contributed by atoms with van der Waals surface area (Å²) in [5.41, 5.74) is 2.76. The summed E-state index contributed by atoms with van der Waals surface area (Å²) >= 11 is 6.40. The van der Waals surface area contributed by atoms with Gasteiger partial charge in [-0.15, -0.1) is 0 Å². The van der Waals surface area contributed by atoms with Crippen molar-refractivity contribution in [2.24, 2.45) is 0 Å². The number of para-hydroxylation sites is 1. The summed E-state index contributed by atoms with van der Waals surface area (Å²) in [6.07, 6.45) is 5.17. The lowest BCUT2D eigenvalue weighted by Crippen LogP contribution is -2.55. The van der Waals surface area contributed by atoms with Gasteiger partial charge in [-0.1, -0.05) is 109 Å². The van der Waals surface area contributed by atoms with Crippen molar-refractivity contribution < 1.29 is 22.7 Å². The van der Waals surface area contributed by atoms with Gasteiger partial charge in [0, 0.05) is 24.0 Å². The smallest absolute Gasteiger partial charge is 0.264 e. The van der Waals surface area contributed by atoms with E-state index in [9.17, 15) is 18.0 Å². The van der Waals surface area contributed by atoms with Crippen LogP contribution in [0.3, 0.4) is 0 Å². The quantitative estimate of drug-likeness (QED) is 0.123. The summed E-state index contributed by atoms with van der Waals surface area (Å²) in [5.74, 6) is 0.326. The number of aryl methyl sites for hydroxylation is 1. The lowest BCUT2D eigenvalue weighted by molar-refractivity contribution is -0.140. The molecule has 2 amide bonds. The van der Waals surface area contributed by atoms with E-state index in [1.807, 2.05) is 73.7 Å². The zero-order valence-corrected chi connectivity index (χ0v) is 31.3. The van der Waals surface area contributed by atoms with Crippen LogP contribution in [-0.4, -0.2) is 43.8 Å². The number of sulfonamides is 1. The fourth-order valence-corrected chi connectivity index (χ4v) is 8.23. The molecular weight excluding hydrogens is 706 g/mol. The van der Waals surface area contributed by atoms with E-state index in [4.69, 9.17) is 16.3 Å². The number of amides is 2. The summed E-state index contributed by atoms with van der Waals surface area (Å²) in [4.78, 5) is 30.7. The first-order valence-corrected chi connectivity index (χ1v) is 19.8. The lowest BCUT2D eigenvalue weighted by atomic mass is 9.94. The van der Waals surface area contributed by atoms with Crippen LogP contribution >= 0.6 is 11.6 Å². The van der Waals surface area contributed by atoms with Gasteiger partial charge in [-0.2, -0.15) is 0 Å². The minimum Gasteiger partial charge on any atom is -0.457 e. The highest BCUT2D eigenvalue weighted by atomic mass is 35.5. The molecule has 10 heteroatoms. The van der Waals surface area contributed by atoms with Crippen LogP contribution in [0.2, 0.25) is 5.02 Å². The molecule has 0 spiro atoms. The molecule has 0 heterocycles. The molecule has 5 aromatic carbocycles. The number of benzene rings is 5. The number of rotatable bonds is 14. The Morgan fingerprint density at radius 1 is 0.774 bits per heavy atom. The van der Waals surface area contributed by atoms with Crippen LogP contribution in [0.4, 0.5) is 5.69 Å². The average molecular weight is 750 g/mol. The van der Waals surface area contributed by atoms with Gasteiger partial charge in [-0.25, -0.2) is 8.42 Å². The lowest BCUT2D eigenvalue weighted by Gasteiger charge is -2.35. The molecule has 8 nitrogen and oxygen atoms in total. The van der Waals surface area contributed by atoms with E-state index in [2.05, 4.69) is 5.32 Å². The summed E-state index contributed by atoms with van der Waals surface area (Å²) in [5, 5.41) is 3.73. The van der Waals surface area contributed by atoms with Crippen LogP contribution in [0, 0.1) is 6.92 Å². The number of anilines is 1. The van der Waals surface area contributed by atoms with Crippen LogP contribution in [0.15, 0.2) is 138 Å². The molecule has 1 N–H and O–H groups in total. The number of nitrogens with zero attached hydrogens (tertiary/aromatic N) is 2. The molecule has 0 radical (unpaired) electrons. The topological polar surface area (TPSA) is 96.0 Å². The molecule has 1 fully saturated rings. The third-order valence-corrected chi connectivity index (χ3v) is 11.5. The van der Waals surface area contributed by atoms with Gasteiger partial charge in [0.25, 0.3) is 10.0 Å². The summed E-state index contributed by atoms with van der Waals surface area (Å²) in [6, 6.07) is 38.1. The molecule has 0 unspecified atom stereocenters. The number of hydrogen-bond donors (Lipinski definition) is 1. The van der Waals surface area contributed by atoms with Crippen molar-refractivity contribution in [1.82, 2.24) is 10.2 Å². The van der Waals surface area contributed by atoms with Crippen molar-refractivity contribution in [3.63, 3.8) is 0 Å². The molecule has 53 heavy (non-hydrogen) atoms. The Morgan fingerprint density at radius 2 is 1.40 bits per heavy atom. The van der Waals surface area contributed by atoms with E-state index in [0.29, 0.717) is 22.1 Å². The highest BCUT2D eigenvalue weighted by Gasteiger charge is 2.35. The van der Waals surface area contributed by atoms with Crippen molar-refractivity contribution in [3.05, 3.63) is 155 Å². The minimum atomic E-state index is -4.25. The first-order chi connectivity index (χ1) is 25.7. The second-order valence-corrected chi connectivity index (χ2v) is 15.7. The average Bonchev–Trinajstić information content (AvgIpc) is 3.17. The molecule has 1 aliphatic carbocycles. The Labute approximate surface area is 317 Å². The van der Waals surface area contributed by atoms with Crippen molar-refractivity contribution >= 4 is 39.1 Å². The van der Waals surface area contributed by atoms with Crippen molar-refractivity contribution in [3.8, 4) is 11.5 Å². The number of carbonyl (C=O) groups excluding carboxylic acids is 2. The van der Waals surface area contributed by atoms with Crippen molar-refractivity contribution in [2.45, 2.75) is 69.0 Å². The number of nitrogens with one attached hydrogen (secondary N) is 1. The second-order valence-electron chi connectivity index (χ2n) is 13.4. The molecule has 6 rings (SSSR count). The maximum absolute atomic E-state index is 14.9. The fraction of sp³-hybridized carbons (Fsp3) is 0.256. The Balaban J connectivity index is 1.38. The molecule has 0 aliphatic heterocycles. The van der Waals surface area contributed by atoms with Crippen LogP contribution in [-0.2, 0) is 32.6 Å². The fourth-order valence-electron chi connectivity index (χ4n) is 6.60. The summed E-state index contributed by atoms with van der Waals surface area (Å²) in [7, 11) is -4.25. The number of ether oxygens (including phenoxy) is 1. The zero-order chi connectivity index (χ0) is 37.2. The van der Waals surface area contributed by atoms with Crippen LogP contribution in [0.5, 0.6) is 11.5 Å². The van der Waals surface area contributed by atoms with Crippen LogP contribution < -0.4 is 14.4 Å². The van der Waals surface area contributed by atoms with Gasteiger partial charge in [0.15, 0.2) is 0 Å². The SMILES string of the molecule is Cc1ccc(S(=O)(=O)N(CC(=O)N(Cc2cccc(Cl)c2)[C@H](Cc2ccccc2)C(=O)NC2CCCCC2)c2ccc(Oc3ccccc3)cc2)cc1. The summed E-state index contributed by atoms with van der Waals surface area (Å²) < 4.78 is 36.0. The molecule has 0 saturated heterocycles. The van der Waals surface area contributed by atoms with Crippen molar-refractivity contribution in [1.29, 1.82) is 0 Å². The Morgan fingerprint density at radius 3 is 2.06 bits per heavy atom. The Bertz CT molecular complexity index is 2070. The molecular formula is C43H44ClN3O5S. The third-order valence-electron chi connectivity index (χ3n) is 9.46. The summed E-state index contributed by atoms with van der Waals surface area (Å²) in [6.45, 7) is 1.36. The molecule has 0 bridgehead atoms. The predicted molar refractivity (Wildman–Crippen MR) is 210 cm³/mol. The molecule has 1 atom stereocenters. The van der Waals surface area contributed by atoms with E-state index >= 15 is 0 Å². The second kappa shape index (κ2) is 17.6. The molecule has 1 saturated carbocycles. The normalized spacial score (nSPS) is 13.8. The molecule has 274 valence electrons. The zero-order valence-electron chi connectivity index (χ0n) is 29.7. The Kier molecular flexibility index (Phi) is 12.5. The Hall–Kier alpha value is -5.12. The van der Waals surface area contributed by atoms with E-state index in [1.165, 1.54) is 17.0 Å². The maximum atomic E-state index is 14.9. The van der Waals surface area contributed by atoms with Gasteiger partial charge in [0.05, 0.1) is 10.6 Å². The first-order valence-electron chi connectivity index (χ1n) is 18.0. The minimum absolute atomic E-state index is 0.00711. The van der Waals surface area contributed by atoms with Gasteiger partial charge >= 0.3 is 0 Å². The predicted octanol–water partition coefficient (Wildman–Crippen LogP) is 8.73. The van der Waals surface area contributed by atoms with Crippen LogP contribution in [0.1, 0.15) is 48.8 Å². The highest BCUT2D eigenvalue weighted by Crippen LogP contribution is 2.29. The van der Waals surface area contributed by atoms with Gasteiger partial charge in [0.1, 0.15) is 24.1 Å². The van der Waals surface area contributed by atoms with Crippen LogP contribution in [0.25, 0.3) is 0 Å². The van der Waals surface area contributed by atoms with E-state index < -0.39 is 28.5 Å².